The minimum atomic E-state index is 0.673. The van der Waals surface area contributed by atoms with Crippen LogP contribution in [0.25, 0.3) is 0 Å². The summed E-state index contributed by atoms with van der Waals surface area (Å²) in [4.78, 5) is 0. The molecule has 78 valence electrons. The molecule has 1 heterocycles. The summed E-state index contributed by atoms with van der Waals surface area (Å²) in [6, 6.07) is 7.77. The summed E-state index contributed by atoms with van der Waals surface area (Å²) in [6.45, 7) is 2.73. The number of aryl methyl sites for hydroxylation is 1. The van der Waals surface area contributed by atoms with Crippen molar-refractivity contribution in [3.8, 4) is 0 Å². The average molecular weight is 222 g/mol. The number of nitrogens with zero attached hydrogens (tertiary/aromatic N) is 3. The largest absolute Gasteiger partial charge is 0.248 e. The third-order valence-corrected chi connectivity index (χ3v) is 2.61. The van der Waals surface area contributed by atoms with E-state index in [2.05, 4.69) is 17.2 Å². The number of rotatable bonds is 3. The molecular weight excluding hydrogens is 210 g/mol. The summed E-state index contributed by atoms with van der Waals surface area (Å²) in [5, 5.41) is 8.83. The highest BCUT2D eigenvalue weighted by atomic mass is 35.5. The van der Waals surface area contributed by atoms with Crippen LogP contribution in [0.5, 0.6) is 0 Å². The number of hydrogen-bond acceptors (Lipinski definition) is 2. The lowest BCUT2D eigenvalue weighted by molar-refractivity contribution is 0.649. The maximum Gasteiger partial charge on any atom is 0.0824 e. The molecule has 1 aromatic heterocycles. The predicted octanol–water partition coefficient (Wildman–Crippen LogP) is 2.54. The SMILES string of the molecule is CCc1cn(Cc2ccccc2Cl)nn1. The molecule has 0 saturated heterocycles. The van der Waals surface area contributed by atoms with Crippen LogP contribution in [-0.4, -0.2) is 15.0 Å². The molecule has 0 spiro atoms. The third kappa shape index (κ3) is 2.36. The van der Waals surface area contributed by atoms with Crippen molar-refractivity contribution in [3.05, 3.63) is 46.7 Å². The molecule has 0 unspecified atom stereocenters. The minimum absolute atomic E-state index is 0.673. The molecule has 0 aliphatic rings. The van der Waals surface area contributed by atoms with E-state index in [-0.39, 0.29) is 0 Å². The monoisotopic (exact) mass is 221 g/mol. The first-order chi connectivity index (χ1) is 7.29. The van der Waals surface area contributed by atoms with Crippen LogP contribution in [-0.2, 0) is 13.0 Å². The van der Waals surface area contributed by atoms with Crippen LogP contribution < -0.4 is 0 Å². The topological polar surface area (TPSA) is 30.7 Å². The van der Waals surface area contributed by atoms with E-state index in [0.717, 1.165) is 22.7 Å². The molecule has 1 aromatic carbocycles. The second-order valence-electron chi connectivity index (χ2n) is 3.35. The Morgan fingerprint density at radius 2 is 2.13 bits per heavy atom. The number of halogens is 1. The molecule has 15 heavy (non-hydrogen) atoms. The Labute approximate surface area is 93.7 Å². The van der Waals surface area contributed by atoms with Gasteiger partial charge in [-0.05, 0) is 18.1 Å². The first-order valence-corrected chi connectivity index (χ1v) is 5.30. The first-order valence-electron chi connectivity index (χ1n) is 4.92. The quantitative estimate of drug-likeness (QED) is 0.798. The molecule has 0 radical (unpaired) electrons. The molecule has 4 heteroatoms. The lowest BCUT2D eigenvalue weighted by atomic mass is 10.2. The van der Waals surface area contributed by atoms with Crippen molar-refractivity contribution in [3.63, 3.8) is 0 Å². The molecule has 0 aliphatic carbocycles. The Morgan fingerprint density at radius 3 is 2.80 bits per heavy atom. The number of benzene rings is 1. The average Bonchev–Trinajstić information content (AvgIpc) is 2.69. The highest BCUT2D eigenvalue weighted by Gasteiger charge is 2.02. The summed E-state index contributed by atoms with van der Waals surface area (Å²) >= 11 is 6.05. The first kappa shape index (κ1) is 10.2. The van der Waals surface area contributed by atoms with Crippen LogP contribution >= 0.6 is 11.6 Å². The third-order valence-electron chi connectivity index (χ3n) is 2.24. The standard InChI is InChI=1S/C11H12ClN3/c1-2-10-8-15(14-13-10)7-9-5-3-4-6-11(9)12/h3-6,8H,2,7H2,1H3. The van der Waals surface area contributed by atoms with Gasteiger partial charge in [-0.15, -0.1) is 5.10 Å². The predicted molar refractivity (Wildman–Crippen MR) is 60.0 cm³/mol. The van der Waals surface area contributed by atoms with Crippen molar-refractivity contribution in [1.82, 2.24) is 15.0 Å². The van der Waals surface area contributed by atoms with E-state index < -0.39 is 0 Å². The van der Waals surface area contributed by atoms with Gasteiger partial charge < -0.3 is 0 Å². The summed E-state index contributed by atoms with van der Waals surface area (Å²) in [6.07, 6.45) is 2.85. The molecular formula is C11H12ClN3. The lowest BCUT2D eigenvalue weighted by Crippen LogP contribution is -2.00. The van der Waals surface area contributed by atoms with Crippen LogP contribution in [0.1, 0.15) is 18.2 Å². The maximum atomic E-state index is 6.05. The number of hydrogen-bond donors (Lipinski definition) is 0. The van der Waals surface area contributed by atoms with Gasteiger partial charge in [0.2, 0.25) is 0 Å². The second kappa shape index (κ2) is 4.45. The van der Waals surface area contributed by atoms with Crippen LogP contribution in [0.3, 0.4) is 0 Å². The van der Waals surface area contributed by atoms with Crippen molar-refractivity contribution in [2.24, 2.45) is 0 Å². The van der Waals surface area contributed by atoms with Crippen molar-refractivity contribution >= 4 is 11.6 Å². The van der Waals surface area contributed by atoms with Gasteiger partial charge in [-0.3, -0.25) is 0 Å². The van der Waals surface area contributed by atoms with Gasteiger partial charge in [0.15, 0.2) is 0 Å². The Kier molecular flexibility index (Phi) is 3.02. The summed E-state index contributed by atoms with van der Waals surface area (Å²) < 4.78 is 1.81. The van der Waals surface area contributed by atoms with Crippen molar-refractivity contribution in [1.29, 1.82) is 0 Å². The molecule has 0 fully saturated rings. The highest BCUT2D eigenvalue weighted by molar-refractivity contribution is 6.31. The normalized spacial score (nSPS) is 10.5. The maximum absolute atomic E-state index is 6.05. The van der Waals surface area contributed by atoms with Crippen LogP contribution in [0.15, 0.2) is 30.5 Å². The van der Waals surface area contributed by atoms with Gasteiger partial charge in [-0.2, -0.15) is 0 Å². The Morgan fingerprint density at radius 1 is 1.33 bits per heavy atom. The minimum Gasteiger partial charge on any atom is -0.248 e. The molecule has 2 aromatic rings. The van der Waals surface area contributed by atoms with E-state index >= 15 is 0 Å². The Balaban J connectivity index is 2.18. The van der Waals surface area contributed by atoms with Gasteiger partial charge in [0.1, 0.15) is 0 Å². The molecule has 3 nitrogen and oxygen atoms in total. The molecule has 0 N–H and O–H groups in total. The fourth-order valence-corrected chi connectivity index (χ4v) is 1.57. The summed E-state index contributed by atoms with van der Waals surface area (Å²) in [7, 11) is 0. The van der Waals surface area contributed by atoms with Gasteiger partial charge in [-0.25, -0.2) is 4.68 Å². The van der Waals surface area contributed by atoms with Gasteiger partial charge in [0.25, 0.3) is 0 Å². The van der Waals surface area contributed by atoms with Crippen LogP contribution in [0.4, 0.5) is 0 Å². The van der Waals surface area contributed by atoms with E-state index in [0.29, 0.717) is 6.54 Å². The van der Waals surface area contributed by atoms with E-state index in [1.807, 2.05) is 30.5 Å². The van der Waals surface area contributed by atoms with E-state index in [4.69, 9.17) is 11.6 Å². The number of aromatic nitrogens is 3. The lowest BCUT2D eigenvalue weighted by Gasteiger charge is -2.02. The summed E-state index contributed by atoms with van der Waals surface area (Å²) in [5.41, 5.74) is 2.06. The van der Waals surface area contributed by atoms with E-state index in [1.165, 1.54) is 0 Å². The second-order valence-corrected chi connectivity index (χ2v) is 3.76. The molecule has 2 rings (SSSR count). The zero-order valence-electron chi connectivity index (χ0n) is 8.52. The molecule has 0 bridgehead atoms. The highest BCUT2D eigenvalue weighted by Crippen LogP contribution is 2.15. The van der Waals surface area contributed by atoms with Crippen molar-refractivity contribution in [2.45, 2.75) is 19.9 Å². The zero-order chi connectivity index (χ0) is 10.7. The van der Waals surface area contributed by atoms with Gasteiger partial charge in [-0.1, -0.05) is 41.9 Å². The molecule has 0 amide bonds. The molecule has 0 saturated carbocycles. The molecule has 0 aliphatic heterocycles. The van der Waals surface area contributed by atoms with E-state index in [1.54, 1.807) is 4.68 Å². The Bertz CT molecular complexity index is 451. The van der Waals surface area contributed by atoms with Crippen molar-refractivity contribution < 1.29 is 0 Å². The smallest absolute Gasteiger partial charge is 0.0824 e. The van der Waals surface area contributed by atoms with Crippen LogP contribution in [0.2, 0.25) is 5.02 Å². The van der Waals surface area contributed by atoms with E-state index in [9.17, 15) is 0 Å². The zero-order valence-corrected chi connectivity index (χ0v) is 9.28. The van der Waals surface area contributed by atoms with Gasteiger partial charge in [0.05, 0.1) is 12.2 Å². The fraction of sp³-hybridized carbons (Fsp3) is 0.273. The van der Waals surface area contributed by atoms with Gasteiger partial charge in [0, 0.05) is 11.2 Å². The van der Waals surface area contributed by atoms with Crippen molar-refractivity contribution in [2.75, 3.05) is 0 Å². The van der Waals surface area contributed by atoms with Gasteiger partial charge >= 0.3 is 0 Å². The molecule has 0 atom stereocenters. The Hall–Kier alpha value is -1.35. The van der Waals surface area contributed by atoms with Crippen LogP contribution in [0, 0.1) is 0 Å². The summed E-state index contributed by atoms with van der Waals surface area (Å²) in [5.74, 6) is 0. The fourth-order valence-electron chi connectivity index (χ4n) is 1.38.